The van der Waals surface area contributed by atoms with E-state index in [2.05, 4.69) is 10.4 Å². The molecule has 158 valence electrons. The summed E-state index contributed by atoms with van der Waals surface area (Å²) in [6.45, 7) is 0.465. The SMILES string of the molecule is Cn1nc(NC(=O)c2ccccc2CC(O)O)c2cc(-c3cccc(CN)c3)ccc21. The minimum absolute atomic E-state index is 0.0335. The van der Waals surface area contributed by atoms with Crippen molar-refractivity contribution in [2.75, 3.05) is 5.32 Å². The molecule has 0 unspecified atom stereocenters. The topological polar surface area (TPSA) is 113 Å². The molecule has 7 nitrogen and oxygen atoms in total. The van der Waals surface area contributed by atoms with Gasteiger partial charge in [0.25, 0.3) is 5.91 Å². The Balaban J connectivity index is 1.71. The van der Waals surface area contributed by atoms with E-state index in [1.165, 1.54) is 0 Å². The minimum atomic E-state index is -1.53. The number of aliphatic hydroxyl groups excluding tert-OH is 1. The molecule has 5 N–H and O–H groups in total. The smallest absolute Gasteiger partial charge is 0.257 e. The van der Waals surface area contributed by atoms with Gasteiger partial charge in [-0.15, -0.1) is 0 Å². The summed E-state index contributed by atoms with van der Waals surface area (Å²) in [5, 5.41) is 26.8. The Hall–Kier alpha value is -3.52. The summed E-state index contributed by atoms with van der Waals surface area (Å²) in [5.41, 5.74) is 10.7. The number of aryl methyl sites for hydroxylation is 1. The Morgan fingerprint density at radius 3 is 2.61 bits per heavy atom. The highest BCUT2D eigenvalue weighted by atomic mass is 16.5. The lowest BCUT2D eigenvalue weighted by Gasteiger charge is -2.10. The lowest BCUT2D eigenvalue weighted by atomic mass is 10.0. The van der Waals surface area contributed by atoms with Gasteiger partial charge in [0.15, 0.2) is 12.1 Å². The number of carbonyl (C=O) groups excluding carboxylic acids is 1. The number of aromatic nitrogens is 2. The number of aliphatic hydroxyl groups is 2. The van der Waals surface area contributed by atoms with E-state index in [4.69, 9.17) is 5.73 Å². The maximum absolute atomic E-state index is 13.0. The van der Waals surface area contributed by atoms with Gasteiger partial charge in [-0.05, 0) is 46.5 Å². The average molecular weight is 416 g/mol. The number of hydrogen-bond acceptors (Lipinski definition) is 5. The van der Waals surface area contributed by atoms with E-state index >= 15 is 0 Å². The van der Waals surface area contributed by atoms with Gasteiger partial charge in [-0.2, -0.15) is 5.10 Å². The summed E-state index contributed by atoms with van der Waals surface area (Å²) < 4.78 is 1.72. The number of anilines is 1. The fraction of sp³-hybridized carbons (Fsp3) is 0.167. The Labute approximate surface area is 179 Å². The first-order valence-corrected chi connectivity index (χ1v) is 9.98. The zero-order valence-corrected chi connectivity index (χ0v) is 17.1. The van der Waals surface area contributed by atoms with Crippen LogP contribution in [0.5, 0.6) is 0 Å². The highest BCUT2D eigenvalue weighted by Crippen LogP contribution is 2.29. The van der Waals surface area contributed by atoms with Crippen LogP contribution in [0.2, 0.25) is 0 Å². The average Bonchev–Trinajstić information content (AvgIpc) is 3.08. The van der Waals surface area contributed by atoms with E-state index in [-0.39, 0.29) is 12.3 Å². The Morgan fingerprint density at radius 2 is 1.84 bits per heavy atom. The lowest BCUT2D eigenvalue weighted by Crippen LogP contribution is -2.17. The summed E-state index contributed by atoms with van der Waals surface area (Å²) in [7, 11) is 1.82. The molecule has 1 aromatic heterocycles. The molecule has 31 heavy (non-hydrogen) atoms. The highest BCUT2D eigenvalue weighted by Gasteiger charge is 2.17. The number of nitrogens with two attached hydrogens (primary N) is 1. The Kier molecular flexibility index (Phi) is 5.81. The zero-order chi connectivity index (χ0) is 22.0. The fourth-order valence-corrected chi connectivity index (χ4v) is 3.71. The van der Waals surface area contributed by atoms with Crippen LogP contribution in [0, 0.1) is 0 Å². The monoisotopic (exact) mass is 416 g/mol. The van der Waals surface area contributed by atoms with Crippen molar-refractivity contribution < 1.29 is 15.0 Å². The van der Waals surface area contributed by atoms with Crippen molar-refractivity contribution >= 4 is 22.6 Å². The summed E-state index contributed by atoms with van der Waals surface area (Å²) in [5.74, 6) is 0.0884. The largest absolute Gasteiger partial charge is 0.368 e. The van der Waals surface area contributed by atoms with Crippen molar-refractivity contribution in [1.82, 2.24) is 9.78 Å². The number of carbonyl (C=O) groups is 1. The molecule has 4 aromatic rings. The van der Waals surface area contributed by atoms with Gasteiger partial charge in [-0.25, -0.2) is 0 Å². The third kappa shape index (κ3) is 4.34. The molecule has 0 atom stereocenters. The summed E-state index contributed by atoms with van der Waals surface area (Å²) in [4.78, 5) is 13.0. The minimum Gasteiger partial charge on any atom is -0.368 e. The number of amides is 1. The molecule has 0 saturated carbocycles. The molecule has 0 aliphatic carbocycles. The van der Waals surface area contributed by atoms with Crippen molar-refractivity contribution in [2.45, 2.75) is 19.3 Å². The van der Waals surface area contributed by atoms with Crippen molar-refractivity contribution in [3.8, 4) is 11.1 Å². The van der Waals surface area contributed by atoms with Crippen molar-refractivity contribution in [1.29, 1.82) is 0 Å². The van der Waals surface area contributed by atoms with Gasteiger partial charge in [0.1, 0.15) is 0 Å². The summed E-state index contributed by atoms with van der Waals surface area (Å²) >= 11 is 0. The first-order valence-electron chi connectivity index (χ1n) is 9.98. The number of nitrogens with one attached hydrogen (secondary N) is 1. The number of rotatable bonds is 6. The number of benzene rings is 3. The number of hydrogen-bond donors (Lipinski definition) is 4. The van der Waals surface area contributed by atoms with E-state index in [9.17, 15) is 15.0 Å². The molecule has 0 radical (unpaired) electrons. The predicted molar refractivity (Wildman–Crippen MR) is 120 cm³/mol. The fourth-order valence-electron chi connectivity index (χ4n) is 3.71. The second-order valence-electron chi connectivity index (χ2n) is 7.40. The molecule has 0 fully saturated rings. The van der Waals surface area contributed by atoms with Gasteiger partial charge in [0, 0.05) is 31.0 Å². The molecular weight excluding hydrogens is 392 g/mol. The first-order chi connectivity index (χ1) is 15.0. The maximum atomic E-state index is 13.0. The van der Waals surface area contributed by atoms with Gasteiger partial charge in [-0.1, -0.05) is 42.5 Å². The molecule has 0 saturated heterocycles. The van der Waals surface area contributed by atoms with E-state index in [1.807, 2.05) is 49.5 Å². The van der Waals surface area contributed by atoms with Crippen LogP contribution in [0.15, 0.2) is 66.7 Å². The molecule has 4 rings (SSSR count). The molecule has 3 aromatic carbocycles. The van der Waals surface area contributed by atoms with Gasteiger partial charge in [0.05, 0.1) is 5.52 Å². The summed E-state index contributed by atoms with van der Waals surface area (Å²) in [6.07, 6.45) is -1.56. The van der Waals surface area contributed by atoms with Crippen LogP contribution >= 0.6 is 0 Å². The van der Waals surface area contributed by atoms with Crippen LogP contribution in [-0.4, -0.2) is 32.2 Å². The van der Waals surface area contributed by atoms with E-state index in [1.54, 1.807) is 28.9 Å². The number of fused-ring (bicyclic) bond motifs is 1. The van der Waals surface area contributed by atoms with Crippen molar-refractivity contribution in [2.24, 2.45) is 12.8 Å². The Bertz CT molecular complexity index is 1250. The van der Waals surface area contributed by atoms with Gasteiger partial charge in [-0.3, -0.25) is 9.48 Å². The number of nitrogens with zero attached hydrogens (tertiary/aromatic N) is 2. The van der Waals surface area contributed by atoms with Gasteiger partial charge < -0.3 is 21.3 Å². The van der Waals surface area contributed by atoms with E-state index in [0.717, 1.165) is 27.6 Å². The first kappa shape index (κ1) is 20.7. The van der Waals surface area contributed by atoms with Crippen molar-refractivity contribution in [3.05, 3.63) is 83.4 Å². The third-order valence-electron chi connectivity index (χ3n) is 5.24. The van der Waals surface area contributed by atoms with Gasteiger partial charge >= 0.3 is 0 Å². The van der Waals surface area contributed by atoms with Crippen LogP contribution in [-0.2, 0) is 20.0 Å². The molecule has 1 heterocycles. The molecule has 1 amide bonds. The molecule has 0 bridgehead atoms. The zero-order valence-electron chi connectivity index (χ0n) is 17.1. The quantitative estimate of drug-likeness (QED) is 0.361. The van der Waals surface area contributed by atoms with Crippen LogP contribution in [0.4, 0.5) is 5.82 Å². The third-order valence-corrected chi connectivity index (χ3v) is 5.24. The van der Waals surface area contributed by atoms with Crippen LogP contribution < -0.4 is 11.1 Å². The summed E-state index contributed by atoms with van der Waals surface area (Å²) in [6, 6.07) is 20.9. The normalized spacial score (nSPS) is 11.3. The van der Waals surface area contributed by atoms with E-state index < -0.39 is 6.29 Å². The molecule has 0 spiro atoms. The van der Waals surface area contributed by atoms with Crippen LogP contribution in [0.25, 0.3) is 22.0 Å². The highest BCUT2D eigenvalue weighted by molar-refractivity contribution is 6.09. The predicted octanol–water partition coefficient (Wildman–Crippen LogP) is 2.80. The van der Waals surface area contributed by atoms with E-state index in [0.29, 0.717) is 23.5 Å². The van der Waals surface area contributed by atoms with Crippen LogP contribution in [0.3, 0.4) is 0 Å². The van der Waals surface area contributed by atoms with Gasteiger partial charge in [0.2, 0.25) is 0 Å². The second kappa shape index (κ2) is 8.69. The van der Waals surface area contributed by atoms with Crippen LogP contribution in [0.1, 0.15) is 21.5 Å². The molecule has 0 aliphatic heterocycles. The standard InChI is InChI=1S/C24H24N4O3/c1-28-21-10-9-17(16-7-4-5-15(11-16)14-25)12-20(21)23(27-28)26-24(31)19-8-3-2-6-18(19)13-22(29)30/h2-12,22,29-30H,13-14,25H2,1H3,(H,26,27,31). The maximum Gasteiger partial charge on any atom is 0.257 e. The molecule has 0 aliphatic rings. The lowest BCUT2D eigenvalue weighted by molar-refractivity contribution is -0.0382. The second-order valence-corrected chi connectivity index (χ2v) is 7.40. The molecule has 7 heteroatoms. The van der Waals surface area contributed by atoms with Crippen molar-refractivity contribution in [3.63, 3.8) is 0 Å². The molecular formula is C24H24N4O3. The Morgan fingerprint density at radius 1 is 1.06 bits per heavy atom.